The molecular formula is C13H20N2. The van der Waals surface area contributed by atoms with Crippen molar-refractivity contribution in [3.8, 4) is 0 Å². The fourth-order valence-electron chi connectivity index (χ4n) is 1.28. The van der Waals surface area contributed by atoms with E-state index in [0.29, 0.717) is 0 Å². The normalized spacial score (nSPS) is 10.9. The Morgan fingerprint density at radius 2 is 1.87 bits per heavy atom. The van der Waals surface area contributed by atoms with Gasteiger partial charge in [-0.3, -0.25) is 4.99 Å². The van der Waals surface area contributed by atoms with Crippen LogP contribution in [0.3, 0.4) is 0 Å². The van der Waals surface area contributed by atoms with Crippen molar-refractivity contribution in [2.75, 3.05) is 25.5 Å². The number of benzene rings is 1. The van der Waals surface area contributed by atoms with E-state index >= 15 is 0 Å². The molecule has 0 saturated carbocycles. The predicted molar refractivity (Wildman–Crippen MR) is 68.1 cm³/mol. The summed E-state index contributed by atoms with van der Waals surface area (Å²) in [7, 11) is 4.09. The topological polar surface area (TPSA) is 15.6 Å². The van der Waals surface area contributed by atoms with Crippen LogP contribution in [0.1, 0.15) is 25.3 Å². The van der Waals surface area contributed by atoms with Crippen molar-refractivity contribution >= 4 is 11.9 Å². The fraction of sp³-hybridized carbons (Fsp3) is 0.462. The van der Waals surface area contributed by atoms with Crippen molar-refractivity contribution in [2.24, 2.45) is 4.99 Å². The summed E-state index contributed by atoms with van der Waals surface area (Å²) in [5, 5.41) is 0. The molecule has 0 saturated heterocycles. The molecule has 1 rings (SSSR count). The number of unbranched alkanes of at least 4 members (excludes halogenated alkanes) is 1. The van der Waals surface area contributed by atoms with Crippen LogP contribution in [0.2, 0.25) is 0 Å². The summed E-state index contributed by atoms with van der Waals surface area (Å²) in [5.41, 5.74) is 2.40. The lowest BCUT2D eigenvalue weighted by atomic mass is 10.2. The first-order valence-corrected chi connectivity index (χ1v) is 5.51. The van der Waals surface area contributed by atoms with Crippen LogP contribution in [-0.2, 0) is 0 Å². The van der Waals surface area contributed by atoms with E-state index in [9.17, 15) is 0 Å². The molecule has 82 valence electrons. The summed E-state index contributed by atoms with van der Waals surface area (Å²) in [6.45, 7) is 3.12. The zero-order valence-electron chi connectivity index (χ0n) is 9.90. The SMILES string of the molecule is CCCC/N=C/c1ccc(N(C)C)cc1. The second-order valence-electron chi connectivity index (χ2n) is 3.87. The van der Waals surface area contributed by atoms with Crippen LogP contribution in [-0.4, -0.2) is 26.9 Å². The summed E-state index contributed by atoms with van der Waals surface area (Å²) in [5.74, 6) is 0. The van der Waals surface area contributed by atoms with Crippen LogP contribution in [0.4, 0.5) is 5.69 Å². The van der Waals surface area contributed by atoms with Crippen LogP contribution in [0, 0.1) is 0 Å². The quantitative estimate of drug-likeness (QED) is 0.532. The van der Waals surface area contributed by atoms with Crippen molar-refractivity contribution in [1.82, 2.24) is 0 Å². The smallest absolute Gasteiger partial charge is 0.0389 e. The highest BCUT2D eigenvalue weighted by molar-refractivity contribution is 5.80. The van der Waals surface area contributed by atoms with Crippen molar-refractivity contribution in [1.29, 1.82) is 0 Å². The lowest BCUT2D eigenvalue weighted by molar-refractivity contribution is 0.810. The molecule has 0 amide bonds. The molecule has 2 nitrogen and oxygen atoms in total. The fourth-order valence-corrected chi connectivity index (χ4v) is 1.28. The van der Waals surface area contributed by atoms with Crippen LogP contribution in [0.25, 0.3) is 0 Å². The van der Waals surface area contributed by atoms with Gasteiger partial charge < -0.3 is 4.90 Å². The van der Waals surface area contributed by atoms with Gasteiger partial charge in [-0.1, -0.05) is 25.5 Å². The molecule has 0 radical (unpaired) electrons. The molecule has 0 heterocycles. The standard InChI is InChI=1S/C13H20N2/c1-4-5-10-14-11-12-6-8-13(9-7-12)15(2)3/h6-9,11H,4-5,10H2,1-3H3/b14-11+. The molecule has 0 bridgehead atoms. The number of anilines is 1. The minimum Gasteiger partial charge on any atom is -0.378 e. The van der Waals surface area contributed by atoms with Gasteiger partial charge in [0.2, 0.25) is 0 Å². The summed E-state index contributed by atoms with van der Waals surface area (Å²) in [6, 6.07) is 8.43. The van der Waals surface area contributed by atoms with Crippen molar-refractivity contribution in [3.05, 3.63) is 29.8 Å². The van der Waals surface area contributed by atoms with Gasteiger partial charge in [-0.05, 0) is 24.1 Å². The number of nitrogens with zero attached hydrogens (tertiary/aromatic N) is 2. The van der Waals surface area contributed by atoms with E-state index in [4.69, 9.17) is 0 Å². The van der Waals surface area contributed by atoms with Gasteiger partial charge in [-0.25, -0.2) is 0 Å². The maximum absolute atomic E-state index is 4.37. The van der Waals surface area contributed by atoms with Crippen molar-refractivity contribution < 1.29 is 0 Å². The molecule has 0 aliphatic rings. The van der Waals surface area contributed by atoms with Gasteiger partial charge in [0.1, 0.15) is 0 Å². The molecule has 0 spiro atoms. The van der Waals surface area contributed by atoms with Gasteiger partial charge in [0.25, 0.3) is 0 Å². The Hall–Kier alpha value is -1.31. The molecule has 0 N–H and O–H groups in total. The predicted octanol–water partition coefficient (Wildman–Crippen LogP) is 2.97. The maximum Gasteiger partial charge on any atom is 0.0389 e. The number of aliphatic imine (C=N–C) groups is 1. The summed E-state index contributed by atoms with van der Waals surface area (Å²) in [6.07, 6.45) is 4.33. The third kappa shape index (κ3) is 4.15. The van der Waals surface area contributed by atoms with Crippen LogP contribution >= 0.6 is 0 Å². The van der Waals surface area contributed by atoms with Gasteiger partial charge >= 0.3 is 0 Å². The van der Waals surface area contributed by atoms with Crippen LogP contribution in [0.5, 0.6) is 0 Å². The van der Waals surface area contributed by atoms with Gasteiger partial charge in [0, 0.05) is 32.5 Å². The molecule has 0 atom stereocenters. The van der Waals surface area contributed by atoms with E-state index in [0.717, 1.165) is 6.54 Å². The average molecular weight is 204 g/mol. The Kier molecular flexibility index (Phi) is 4.88. The molecule has 15 heavy (non-hydrogen) atoms. The average Bonchev–Trinajstić information content (AvgIpc) is 2.25. The zero-order valence-corrected chi connectivity index (χ0v) is 9.90. The molecule has 0 aliphatic heterocycles. The molecular weight excluding hydrogens is 184 g/mol. The van der Waals surface area contributed by atoms with E-state index < -0.39 is 0 Å². The van der Waals surface area contributed by atoms with Gasteiger partial charge in [0.15, 0.2) is 0 Å². The minimum absolute atomic E-state index is 0.936. The second-order valence-corrected chi connectivity index (χ2v) is 3.87. The second kappa shape index (κ2) is 6.23. The number of hydrogen-bond acceptors (Lipinski definition) is 2. The van der Waals surface area contributed by atoms with Crippen molar-refractivity contribution in [3.63, 3.8) is 0 Å². The first kappa shape index (κ1) is 11.8. The van der Waals surface area contributed by atoms with Crippen molar-refractivity contribution in [2.45, 2.75) is 19.8 Å². The highest BCUT2D eigenvalue weighted by Crippen LogP contribution is 2.10. The Balaban J connectivity index is 2.53. The van der Waals surface area contributed by atoms with E-state index in [2.05, 4.69) is 41.1 Å². The van der Waals surface area contributed by atoms with E-state index in [1.165, 1.54) is 24.1 Å². The lowest BCUT2D eigenvalue weighted by Gasteiger charge is -2.11. The Morgan fingerprint density at radius 1 is 1.20 bits per heavy atom. The van der Waals surface area contributed by atoms with Gasteiger partial charge in [0.05, 0.1) is 0 Å². The molecule has 2 heteroatoms. The monoisotopic (exact) mass is 204 g/mol. The molecule has 0 aliphatic carbocycles. The summed E-state index contributed by atoms with van der Waals surface area (Å²) in [4.78, 5) is 6.46. The summed E-state index contributed by atoms with van der Waals surface area (Å²) < 4.78 is 0. The van der Waals surface area contributed by atoms with Crippen LogP contribution in [0.15, 0.2) is 29.3 Å². The van der Waals surface area contributed by atoms with Gasteiger partial charge in [-0.15, -0.1) is 0 Å². The van der Waals surface area contributed by atoms with E-state index in [1.807, 2.05) is 20.3 Å². The highest BCUT2D eigenvalue weighted by atomic mass is 15.1. The molecule has 0 unspecified atom stereocenters. The third-order valence-corrected chi connectivity index (χ3v) is 2.29. The maximum atomic E-state index is 4.37. The highest BCUT2D eigenvalue weighted by Gasteiger charge is 1.93. The Labute approximate surface area is 92.6 Å². The minimum atomic E-state index is 0.936. The Bertz CT molecular complexity index is 299. The molecule has 0 fully saturated rings. The van der Waals surface area contributed by atoms with E-state index in [-0.39, 0.29) is 0 Å². The number of rotatable bonds is 5. The zero-order chi connectivity index (χ0) is 11.1. The van der Waals surface area contributed by atoms with Crippen LogP contribution < -0.4 is 4.90 Å². The first-order valence-electron chi connectivity index (χ1n) is 5.51. The summed E-state index contributed by atoms with van der Waals surface area (Å²) >= 11 is 0. The molecule has 0 aromatic heterocycles. The van der Waals surface area contributed by atoms with Gasteiger partial charge in [-0.2, -0.15) is 0 Å². The lowest BCUT2D eigenvalue weighted by Crippen LogP contribution is -2.08. The molecule has 1 aromatic carbocycles. The number of hydrogen-bond donors (Lipinski definition) is 0. The third-order valence-electron chi connectivity index (χ3n) is 2.29. The largest absolute Gasteiger partial charge is 0.378 e. The first-order chi connectivity index (χ1) is 7.24. The van der Waals surface area contributed by atoms with E-state index in [1.54, 1.807) is 0 Å². The molecule has 1 aromatic rings. The Morgan fingerprint density at radius 3 is 2.40 bits per heavy atom.